The standard InChI is InChI=1S/C14H21NO2/c1-16-11-6-7-13(17-2)12(10-11)14(15)8-4-3-5-9-14/h6-7,10H,3-5,8-9,15H2,1-2H3. The first-order valence-electron chi connectivity index (χ1n) is 6.21. The first-order chi connectivity index (χ1) is 8.19. The van der Waals surface area contributed by atoms with Crippen molar-refractivity contribution in [3.8, 4) is 11.5 Å². The third-order valence-corrected chi connectivity index (χ3v) is 3.69. The quantitative estimate of drug-likeness (QED) is 0.876. The molecule has 0 atom stereocenters. The molecule has 0 aromatic heterocycles. The minimum Gasteiger partial charge on any atom is -0.497 e. The van der Waals surface area contributed by atoms with Crippen LogP contribution in [0.3, 0.4) is 0 Å². The first kappa shape index (κ1) is 12.2. The molecule has 1 fully saturated rings. The molecule has 0 heterocycles. The smallest absolute Gasteiger partial charge is 0.124 e. The molecule has 1 aliphatic rings. The number of hydrogen-bond acceptors (Lipinski definition) is 3. The van der Waals surface area contributed by atoms with Crippen LogP contribution in [-0.4, -0.2) is 14.2 Å². The van der Waals surface area contributed by atoms with Gasteiger partial charge in [0.25, 0.3) is 0 Å². The van der Waals surface area contributed by atoms with Crippen LogP contribution in [0, 0.1) is 0 Å². The van der Waals surface area contributed by atoms with Crippen molar-refractivity contribution in [1.82, 2.24) is 0 Å². The number of ether oxygens (including phenoxy) is 2. The molecule has 3 heteroatoms. The highest BCUT2D eigenvalue weighted by Gasteiger charge is 2.32. The summed E-state index contributed by atoms with van der Waals surface area (Å²) in [6.45, 7) is 0. The van der Waals surface area contributed by atoms with E-state index in [1.807, 2.05) is 18.2 Å². The molecule has 2 N–H and O–H groups in total. The fourth-order valence-electron chi connectivity index (χ4n) is 2.66. The Bertz CT molecular complexity index is 384. The molecule has 3 nitrogen and oxygen atoms in total. The normalized spacial score (nSPS) is 18.8. The number of rotatable bonds is 3. The second-order valence-electron chi connectivity index (χ2n) is 4.78. The highest BCUT2D eigenvalue weighted by atomic mass is 16.5. The lowest BCUT2D eigenvalue weighted by Gasteiger charge is -2.35. The van der Waals surface area contributed by atoms with Gasteiger partial charge >= 0.3 is 0 Å². The molecule has 17 heavy (non-hydrogen) atoms. The average molecular weight is 235 g/mol. The molecule has 0 aliphatic heterocycles. The fourth-order valence-corrected chi connectivity index (χ4v) is 2.66. The first-order valence-corrected chi connectivity index (χ1v) is 6.21. The topological polar surface area (TPSA) is 44.5 Å². The van der Waals surface area contributed by atoms with Gasteiger partial charge < -0.3 is 15.2 Å². The average Bonchev–Trinajstić information content (AvgIpc) is 2.39. The molecule has 1 aromatic carbocycles. The predicted molar refractivity (Wildman–Crippen MR) is 68.5 cm³/mol. The minimum absolute atomic E-state index is 0.252. The van der Waals surface area contributed by atoms with Gasteiger partial charge in [0.1, 0.15) is 11.5 Å². The number of hydrogen-bond donors (Lipinski definition) is 1. The Kier molecular flexibility index (Phi) is 3.57. The van der Waals surface area contributed by atoms with Gasteiger partial charge in [0.2, 0.25) is 0 Å². The molecular formula is C14H21NO2. The van der Waals surface area contributed by atoms with Crippen LogP contribution in [0.5, 0.6) is 11.5 Å². The van der Waals surface area contributed by atoms with Gasteiger partial charge in [0.15, 0.2) is 0 Å². The lowest BCUT2D eigenvalue weighted by molar-refractivity contribution is 0.287. The van der Waals surface area contributed by atoms with Gasteiger partial charge in [0, 0.05) is 11.1 Å². The SMILES string of the molecule is COc1ccc(OC)c(C2(N)CCCCC2)c1. The van der Waals surface area contributed by atoms with Crippen LogP contribution < -0.4 is 15.2 Å². The van der Waals surface area contributed by atoms with Crippen molar-refractivity contribution < 1.29 is 9.47 Å². The highest BCUT2D eigenvalue weighted by molar-refractivity contribution is 5.44. The van der Waals surface area contributed by atoms with Crippen molar-refractivity contribution in [1.29, 1.82) is 0 Å². The van der Waals surface area contributed by atoms with Gasteiger partial charge in [-0.25, -0.2) is 0 Å². The van der Waals surface area contributed by atoms with Crippen LogP contribution in [0.1, 0.15) is 37.7 Å². The van der Waals surface area contributed by atoms with E-state index in [4.69, 9.17) is 15.2 Å². The summed E-state index contributed by atoms with van der Waals surface area (Å²) in [4.78, 5) is 0. The molecular weight excluding hydrogens is 214 g/mol. The maximum absolute atomic E-state index is 6.54. The van der Waals surface area contributed by atoms with Crippen LogP contribution in [0.4, 0.5) is 0 Å². The molecule has 0 radical (unpaired) electrons. The van der Waals surface area contributed by atoms with Gasteiger partial charge in [0.05, 0.1) is 14.2 Å². The molecule has 1 aromatic rings. The van der Waals surface area contributed by atoms with Gasteiger partial charge in [-0.2, -0.15) is 0 Å². The van der Waals surface area contributed by atoms with Crippen LogP contribution in [-0.2, 0) is 5.54 Å². The van der Waals surface area contributed by atoms with E-state index < -0.39 is 0 Å². The van der Waals surface area contributed by atoms with Crippen LogP contribution >= 0.6 is 0 Å². The van der Waals surface area contributed by atoms with Gasteiger partial charge in [-0.15, -0.1) is 0 Å². The molecule has 0 saturated heterocycles. The third kappa shape index (κ3) is 2.39. The number of methoxy groups -OCH3 is 2. The van der Waals surface area contributed by atoms with E-state index in [-0.39, 0.29) is 5.54 Å². The zero-order chi connectivity index (χ0) is 12.3. The Hall–Kier alpha value is -1.22. The van der Waals surface area contributed by atoms with Crippen molar-refractivity contribution in [3.63, 3.8) is 0 Å². The summed E-state index contributed by atoms with van der Waals surface area (Å²) in [7, 11) is 3.37. The van der Waals surface area contributed by atoms with Crippen LogP contribution in [0.15, 0.2) is 18.2 Å². The summed E-state index contributed by atoms with van der Waals surface area (Å²) < 4.78 is 10.7. The van der Waals surface area contributed by atoms with E-state index in [9.17, 15) is 0 Å². The third-order valence-electron chi connectivity index (χ3n) is 3.69. The molecule has 0 amide bonds. The molecule has 0 bridgehead atoms. The zero-order valence-corrected chi connectivity index (χ0v) is 10.7. The summed E-state index contributed by atoms with van der Waals surface area (Å²) in [6, 6.07) is 5.87. The van der Waals surface area contributed by atoms with E-state index in [0.29, 0.717) is 0 Å². The highest BCUT2D eigenvalue weighted by Crippen LogP contribution is 2.40. The molecule has 0 spiro atoms. The molecule has 94 valence electrons. The zero-order valence-electron chi connectivity index (χ0n) is 10.7. The van der Waals surface area contributed by atoms with E-state index in [2.05, 4.69) is 0 Å². The van der Waals surface area contributed by atoms with Gasteiger partial charge in [-0.3, -0.25) is 0 Å². The largest absolute Gasteiger partial charge is 0.497 e. The molecule has 0 unspecified atom stereocenters. The lowest BCUT2D eigenvalue weighted by Crippen LogP contribution is -2.38. The number of nitrogens with two attached hydrogens (primary N) is 1. The van der Waals surface area contributed by atoms with E-state index in [0.717, 1.165) is 29.9 Å². The summed E-state index contributed by atoms with van der Waals surface area (Å²) in [5.41, 5.74) is 7.38. The summed E-state index contributed by atoms with van der Waals surface area (Å²) >= 11 is 0. The van der Waals surface area contributed by atoms with Crippen molar-refractivity contribution in [2.45, 2.75) is 37.6 Å². The molecule has 2 rings (SSSR count). The van der Waals surface area contributed by atoms with Crippen molar-refractivity contribution in [2.24, 2.45) is 5.73 Å². The monoisotopic (exact) mass is 235 g/mol. The van der Waals surface area contributed by atoms with Gasteiger partial charge in [-0.1, -0.05) is 19.3 Å². The predicted octanol–water partition coefficient (Wildman–Crippen LogP) is 2.82. The second-order valence-corrected chi connectivity index (χ2v) is 4.78. The Morgan fingerprint density at radius 2 is 1.76 bits per heavy atom. The Morgan fingerprint density at radius 1 is 1.06 bits per heavy atom. The van der Waals surface area contributed by atoms with Gasteiger partial charge in [-0.05, 0) is 31.0 Å². The maximum atomic E-state index is 6.54. The van der Waals surface area contributed by atoms with Crippen LogP contribution in [0.2, 0.25) is 0 Å². The van der Waals surface area contributed by atoms with Crippen molar-refractivity contribution in [3.05, 3.63) is 23.8 Å². The maximum Gasteiger partial charge on any atom is 0.124 e. The Labute approximate surface area is 103 Å². The van der Waals surface area contributed by atoms with E-state index in [1.165, 1.54) is 19.3 Å². The Morgan fingerprint density at radius 3 is 2.35 bits per heavy atom. The second kappa shape index (κ2) is 4.96. The van der Waals surface area contributed by atoms with Crippen molar-refractivity contribution in [2.75, 3.05) is 14.2 Å². The summed E-state index contributed by atoms with van der Waals surface area (Å²) in [5.74, 6) is 1.71. The van der Waals surface area contributed by atoms with E-state index in [1.54, 1.807) is 14.2 Å². The number of benzene rings is 1. The molecule has 1 aliphatic carbocycles. The Balaban J connectivity index is 2.40. The summed E-state index contributed by atoms with van der Waals surface area (Å²) in [6.07, 6.45) is 5.71. The summed E-state index contributed by atoms with van der Waals surface area (Å²) in [5, 5.41) is 0. The van der Waals surface area contributed by atoms with E-state index >= 15 is 0 Å². The van der Waals surface area contributed by atoms with Crippen LogP contribution in [0.25, 0.3) is 0 Å². The fraction of sp³-hybridized carbons (Fsp3) is 0.571. The van der Waals surface area contributed by atoms with Crippen molar-refractivity contribution >= 4 is 0 Å². The lowest BCUT2D eigenvalue weighted by atomic mass is 9.77. The minimum atomic E-state index is -0.252. The molecule has 1 saturated carbocycles.